The van der Waals surface area contributed by atoms with Crippen molar-refractivity contribution >= 4 is 28.9 Å². The van der Waals surface area contributed by atoms with Gasteiger partial charge in [-0.25, -0.2) is 8.42 Å². The van der Waals surface area contributed by atoms with Gasteiger partial charge in [0.2, 0.25) is 7.37 Å². The number of carbonyl (C=O) groups is 1. The number of benzene rings is 2. The molecule has 3 rings (SSSR count). The highest BCUT2D eigenvalue weighted by atomic mass is 32.2. The van der Waals surface area contributed by atoms with Gasteiger partial charge in [0, 0.05) is 49.8 Å². The third kappa shape index (κ3) is 8.70. The van der Waals surface area contributed by atoms with Crippen molar-refractivity contribution in [3.8, 4) is 17.2 Å². The Morgan fingerprint density at radius 3 is 2.45 bits per heavy atom. The minimum atomic E-state index is -3.36. The predicted octanol–water partition coefficient (Wildman–Crippen LogP) is 4.38. The molecule has 2 atom stereocenters. The summed E-state index contributed by atoms with van der Waals surface area (Å²) in [5.41, 5.74) is 0.214. The molecule has 0 fully saturated rings. The molecule has 1 aromatic heterocycles. The molecule has 0 saturated heterocycles. The molecule has 0 saturated carbocycles. The molecule has 0 aliphatic rings. The Balaban J connectivity index is 1.83. The second-order valence-corrected chi connectivity index (χ2v) is 13.3. The van der Waals surface area contributed by atoms with Crippen molar-refractivity contribution in [2.75, 3.05) is 31.5 Å². The number of aromatic nitrogens is 2. The zero-order valence-corrected chi connectivity index (χ0v) is 23.4. The molecule has 0 radical (unpaired) electrons. The molecule has 2 N–H and O–H groups in total. The van der Waals surface area contributed by atoms with Gasteiger partial charge in [-0.05, 0) is 50.2 Å². The number of amides is 1. The predicted molar refractivity (Wildman–Crippen MR) is 143 cm³/mol. The average Bonchev–Trinajstić information content (AvgIpc) is 3.24. The topological polar surface area (TPSA) is 146 Å². The van der Waals surface area contributed by atoms with E-state index in [0.717, 1.165) is 6.26 Å². The van der Waals surface area contributed by atoms with Gasteiger partial charge in [0.15, 0.2) is 15.7 Å². The summed E-state index contributed by atoms with van der Waals surface area (Å²) < 4.78 is 54.3. The van der Waals surface area contributed by atoms with Gasteiger partial charge in [0.1, 0.15) is 23.5 Å². The van der Waals surface area contributed by atoms with E-state index in [1.807, 2.05) is 0 Å². The fraction of sp³-hybridized carbons (Fsp3) is 0.360. The van der Waals surface area contributed by atoms with Crippen molar-refractivity contribution in [1.82, 2.24) is 9.78 Å². The van der Waals surface area contributed by atoms with Crippen LogP contribution in [-0.4, -0.2) is 61.5 Å². The van der Waals surface area contributed by atoms with Gasteiger partial charge in [-0.2, -0.15) is 5.10 Å². The summed E-state index contributed by atoms with van der Waals surface area (Å²) in [5.74, 6) is 0.754. The normalized spacial score (nSPS) is 13.9. The Morgan fingerprint density at radius 1 is 1.13 bits per heavy atom. The first-order valence-corrected chi connectivity index (χ1v) is 16.0. The van der Waals surface area contributed by atoms with E-state index in [1.165, 1.54) is 47.7 Å². The first-order chi connectivity index (χ1) is 17.9. The summed E-state index contributed by atoms with van der Waals surface area (Å²) in [6.45, 7) is 5.33. The van der Waals surface area contributed by atoms with E-state index < -0.39 is 23.1 Å². The number of aliphatic hydroxyl groups excluding tert-OH is 1. The van der Waals surface area contributed by atoms with Crippen LogP contribution < -0.4 is 14.8 Å². The Bertz CT molecular complexity index is 1410. The summed E-state index contributed by atoms with van der Waals surface area (Å²) in [4.78, 5) is 13.2. The minimum absolute atomic E-state index is 0.0615. The lowest BCUT2D eigenvalue weighted by atomic mass is 10.1. The van der Waals surface area contributed by atoms with Gasteiger partial charge in [-0.15, -0.1) is 0 Å². The van der Waals surface area contributed by atoms with Crippen LogP contribution >= 0.6 is 7.37 Å². The van der Waals surface area contributed by atoms with Crippen LogP contribution in [0.3, 0.4) is 0 Å². The van der Waals surface area contributed by atoms with E-state index in [2.05, 4.69) is 10.4 Å². The Morgan fingerprint density at radius 2 is 1.82 bits per heavy atom. The Hall–Kier alpha value is -3.18. The van der Waals surface area contributed by atoms with Crippen molar-refractivity contribution in [2.24, 2.45) is 0 Å². The number of hydrogen-bond donors (Lipinski definition) is 2. The second-order valence-electron chi connectivity index (χ2n) is 8.75. The highest BCUT2D eigenvalue weighted by Gasteiger charge is 2.18. The summed E-state index contributed by atoms with van der Waals surface area (Å²) in [7, 11) is -6.23. The third-order valence-electron chi connectivity index (χ3n) is 5.19. The van der Waals surface area contributed by atoms with Crippen molar-refractivity contribution in [2.45, 2.75) is 37.6 Å². The monoisotopic (exact) mass is 565 g/mol. The lowest BCUT2D eigenvalue weighted by Crippen LogP contribution is -2.16. The first kappa shape index (κ1) is 29.4. The summed E-state index contributed by atoms with van der Waals surface area (Å²) >= 11 is 0. The van der Waals surface area contributed by atoms with Crippen LogP contribution in [0.25, 0.3) is 0 Å². The summed E-state index contributed by atoms with van der Waals surface area (Å²) in [5, 5.41) is 16.2. The van der Waals surface area contributed by atoms with E-state index >= 15 is 0 Å². The van der Waals surface area contributed by atoms with Gasteiger partial charge in [-0.1, -0.05) is 0 Å². The van der Waals surface area contributed by atoms with Crippen molar-refractivity contribution in [3.63, 3.8) is 0 Å². The van der Waals surface area contributed by atoms with E-state index in [4.69, 9.17) is 14.0 Å². The molecule has 38 heavy (non-hydrogen) atoms. The van der Waals surface area contributed by atoms with Gasteiger partial charge < -0.3 is 24.4 Å². The van der Waals surface area contributed by atoms with Gasteiger partial charge in [0.05, 0.1) is 17.6 Å². The van der Waals surface area contributed by atoms with Gasteiger partial charge in [0.25, 0.3) is 5.91 Å². The number of aliphatic hydroxyl groups is 1. The van der Waals surface area contributed by atoms with Crippen molar-refractivity contribution < 1.29 is 36.9 Å². The third-order valence-corrected chi connectivity index (χ3v) is 7.93. The number of nitrogens with zero attached hydrogens (tertiary/aromatic N) is 2. The smallest absolute Gasteiger partial charge is 0.257 e. The zero-order chi connectivity index (χ0) is 27.9. The molecule has 11 nitrogen and oxygen atoms in total. The summed E-state index contributed by atoms with van der Waals surface area (Å²) in [6.07, 6.45) is 2.84. The van der Waals surface area contributed by atoms with Crippen LogP contribution in [0.4, 0.5) is 5.82 Å². The average molecular weight is 566 g/mol. The number of ether oxygens (including phenoxy) is 2. The fourth-order valence-corrected chi connectivity index (χ4v) is 5.41. The van der Waals surface area contributed by atoms with Crippen LogP contribution in [0.1, 0.15) is 30.6 Å². The van der Waals surface area contributed by atoms with E-state index in [0.29, 0.717) is 24.5 Å². The second kappa shape index (κ2) is 12.6. The molecular formula is C25H32N3O8PS. The lowest BCUT2D eigenvalue weighted by Gasteiger charge is -2.16. The van der Waals surface area contributed by atoms with Crippen LogP contribution in [0, 0.1) is 0 Å². The molecule has 1 heterocycles. The highest BCUT2D eigenvalue weighted by molar-refractivity contribution is 7.90. The maximum absolute atomic E-state index is 13.1. The zero-order valence-electron chi connectivity index (χ0n) is 21.7. The molecule has 0 aliphatic carbocycles. The maximum atomic E-state index is 13.1. The van der Waals surface area contributed by atoms with Crippen LogP contribution in [0.5, 0.6) is 17.2 Å². The van der Waals surface area contributed by atoms with Crippen LogP contribution in [0.2, 0.25) is 0 Å². The van der Waals surface area contributed by atoms with E-state index in [9.17, 15) is 22.9 Å². The van der Waals surface area contributed by atoms with Crippen LogP contribution in [-0.2, 0) is 25.2 Å². The molecule has 2 aromatic carbocycles. The Labute approximate surface area is 222 Å². The number of rotatable bonds is 13. The lowest BCUT2D eigenvalue weighted by molar-refractivity contribution is 0.102. The molecule has 3 aromatic rings. The first-order valence-electron chi connectivity index (χ1n) is 11.8. The van der Waals surface area contributed by atoms with Gasteiger partial charge in [-0.3, -0.25) is 14.0 Å². The highest BCUT2D eigenvalue weighted by Crippen LogP contribution is 2.43. The molecule has 206 valence electrons. The van der Waals surface area contributed by atoms with Crippen LogP contribution in [0.15, 0.2) is 59.6 Å². The molecule has 13 heteroatoms. The van der Waals surface area contributed by atoms with E-state index in [1.54, 1.807) is 32.2 Å². The Kier molecular flexibility index (Phi) is 9.72. The minimum Gasteiger partial charge on any atom is -0.490 e. The number of carbonyl (C=O) groups excluding carboxylic acids is 1. The van der Waals surface area contributed by atoms with Gasteiger partial charge >= 0.3 is 0 Å². The molecule has 1 amide bonds. The number of hydrogen-bond acceptors (Lipinski definition) is 9. The standard InChI is InChI=1S/C25H32N3O8PS/c1-5-34-37(3,31)17-28-12-10-24(27-28)26-25(30)19-14-21(35-18(2)11-13-29)16-22(15-19)36-20-6-8-23(9-7-20)38(4,32)33/h6-10,12,14-16,18,29H,5,11,13,17H2,1-4H3,(H,26,27,30)/t18-,37?/m0/s1. The summed E-state index contributed by atoms with van der Waals surface area (Å²) in [6, 6.07) is 12.1. The van der Waals surface area contributed by atoms with Crippen molar-refractivity contribution in [1.29, 1.82) is 0 Å². The molecule has 0 aliphatic heterocycles. The maximum Gasteiger partial charge on any atom is 0.257 e. The van der Waals surface area contributed by atoms with Crippen molar-refractivity contribution in [3.05, 3.63) is 60.3 Å². The SMILES string of the molecule is CCOP(C)(=O)Cn1ccc(NC(=O)c2cc(Oc3ccc(S(C)(=O)=O)cc3)cc(O[C@@H](C)CCO)c2)n1. The number of sulfone groups is 1. The number of anilines is 1. The quantitative estimate of drug-likeness (QED) is 0.288. The molecule has 1 unspecified atom stereocenters. The molecular weight excluding hydrogens is 533 g/mol. The fourth-order valence-electron chi connectivity index (χ4n) is 3.47. The largest absolute Gasteiger partial charge is 0.490 e. The molecule has 0 bridgehead atoms. The van der Waals surface area contributed by atoms with E-state index in [-0.39, 0.29) is 41.0 Å². The number of nitrogens with one attached hydrogen (secondary N) is 1. The molecule has 0 spiro atoms.